The van der Waals surface area contributed by atoms with E-state index >= 15 is 0 Å². The van der Waals surface area contributed by atoms with E-state index in [1.807, 2.05) is 19.1 Å². The molecule has 2 aromatic rings. The summed E-state index contributed by atoms with van der Waals surface area (Å²) in [6.07, 6.45) is 0. The maximum absolute atomic E-state index is 12.2. The van der Waals surface area contributed by atoms with Crippen LogP contribution in [0.5, 0.6) is 5.75 Å². The zero-order valence-corrected chi connectivity index (χ0v) is 15.9. The van der Waals surface area contributed by atoms with Crippen molar-refractivity contribution in [3.05, 3.63) is 58.1 Å². The number of ether oxygens (including phenoxy) is 1. The van der Waals surface area contributed by atoms with Crippen LogP contribution in [0.1, 0.15) is 5.56 Å². The van der Waals surface area contributed by atoms with Gasteiger partial charge in [-0.2, -0.15) is 0 Å². The highest BCUT2D eigenvalue weighted by molar-refractivity contribution is 5.94. The zero-order chi connectivity index (χ0) is 20.7. The number of likely N-dealkylation sites (N-methyl/N-ethyl adjacent to an activating group) is 1. The lowest BCUT2D eigenvalue weighted by atomic mass is 10.2. The predicted molar refractivity (Wildman–Crippen MR) is 105 cm³/mol. The average Bonchev–Trinajstić information content (AvgIpc) is 2.63. The highest BCUT2D eigenvalue weighted by Gasteiger charge is 2.20. The highest BCUT2D eigenvalue weighted by atomic mass is 16.6. The quantitative estimate of drug-likeness (QED) is 0.462. The zero-order valence-electron chi connectivity index (χ0n) is 15.9. The molecule has 0 saturated heterocycles. The van der Waals surface area contributed by atoms with Gasteiger partial charge in [0.25, 0.3) is 17.5 Å². The van der Waals surface area contributed by atoms with Crippen LogP contribution in [0, 0.1) is 17.0 Å². The summed E-state index contributed by atoms with van der Waals surface area (Å²) < 4.78 is 4.96. The molecule has 0 fully saturated rings. The Morgan fingerprint density at radius 1 is 1.07 bits per heavy atom. The molecule has 3 N–H and O–H groups in total. The Labute approximate surface area is 162 Å². The summed E-state index contributed by atoms with van der Waals surface area (Å²) in [5.41, 5.74) is 1.59. The third-order valence-corrected chi connectivity index (χ3v) is 3.94. The number of quaternary nitrogens is 1. The van der Waals surface area contributed by atoms with E-state index in [1.54, 1.807) is 19.2 Å². The van der Waals surface area contributed by atoms with Gasteiger partial charge in [0.2, 0.25) is 0 Å². The van der Waals surface area contributed by atoms with Gasteiger partial charge in [0.15, 0.2) is 13.1 Å². The highest BCUT2D eigenvalue weighted by Crippen LogP contribution is 2.28. The van der Waals surface area contributed by atoms with Crippen molar-refractivity contribution in [1.82, 2.24) is 0 Å². The molecule has 2 amide bonds. The number of carbonyl (C=O) groups is 2. The van der Waals surface area contributed by atoms with Crippen molar-refractivity contribution in [2.24, 2.45) is 0 Å². The van der Waals surface area contributed by atoms with E-state index in [-0.39, 0.29) is 30.4 Å². The van der Waals surface area contributed by atoms with Crippen molar-refractivity contribution < 1.29 is 24.1 Å². The molecule has 9 heteroatoms. The largest absolute Gasteiger partial charge is 0.496 e. The monoisotopic (exact) mass is 387 g/mol. The summed E-state index contributed by atoms with van der Waals surface area (Å²) in [7, 11) is 3.09. The Morgan fingerprint density at radius 3 is 2.25 bits per heavy atom. The minimum atomic E-state index is -0.594. The number of nitrogens with one attached hydrogen (secondary N) is 3. The molecule has 0 bridgehead atoms. The number of aryl methyl sites for hydroxylation is 1. The SMILES string of the molecule is COc1ccc(NC(=O)C[NH+](C)CC(=O)Nc2ccc(C)cc2)c([N+](=O)[O-])c1. The van der Waals surface area contributed by atoms with Gasteiger partial charge in [-0.3, -0.25) is 19.7 Å². The smallest absolute Gasteiger partial charge is 0.296 e. The summed E-state index contributed by atoms with van der Waals surface area (Å²) in [4.78, 5) is 35.5. The molecular weight excluding hydrogens is 364 g/mol. The Balaban J connectivity index is 1.91. The van der Waals surface area contributed by atoms with Gasteiger partial charge in [0, 0.05) is 5.69 Å². The van der Waals surface area contributed by atoms with Gasteiger partial charge in [0.05, 0.1) is 25.1 Å². The van der Waals surface area contributed by atoms with Crippen LogP contribution in [0.15, 0.2) is 42.5 Å². The van der Waals surface area contributed by atoms with E-state index in [2.05, 4.69) is 10.6 Å². The fourth-order valence-corrected chi connectivity index (χ4v) is 2.54. The van der Waals surface area contributed by atoms with Crippen LogP contribution in [-0.4, -0.2) is 44.0 Å². The maximum atomic E-state index is 12.2. The summed E-state index contributed by atoms with van der Waals surface area (Å²) in [5, 5.41) is 16.5. The number of hydrogen-bond donors (Lipinski definition) is 3. The fourth-order valence-electron chi connectivity index (χ4n) is 2.54. The first-order chi connectivity index (χ1) is 13.3. The van der Waals surface area contributed by atoms with Gasteiger partial charge >= 0.3 is 0 Å². The molecule has 9 nitrogen and oxygen atoms in total. The first-order valence-electron chi connectivity index (χ1n) is 8.58. The summed E-state index contributed by atoms with van der Waals surface area (Å²) in [5.74, 6) is -0.348. The molecule has 0 aliphatic heterocycles. The summed E-state index contributed by atoms with van der Waals surface area (Å²) >= 11 is 0. The Bertz CT molecular complexity index is 867. The van der Waals surface area contributed by atoms with Gasteiger partial charge in [-0.25, -0.2) is 0 Å². The molecule has 0 saturated carbocycles. The molecule has 2 rings (SSSR count). The number of nitrogens with zero attached hydrogens (tertiary/aromatic N) is 1. The van der Waals surface area contributed by atoms with Crippen LogP contribution in [0.4, 0.5) is 17.1 Å². The van der Waals surface area contributed by atoms with Crippen LogP contribution < -0.4 is 20.3 Å². The number of benzene rings is 2. The van der Waals surface area contributed by atoms with E-state index in [0.29, 0.717) is 16.3 Å². The standard InChI is InChI=1S/C19H22N4O5/c1-13-4-6-14(7-5-13)20-18(24)11-22(2)12-19(25)21-16-9-8-15(28-3)10-17(16)23(26)27/h4-10H,11-12H2,1-3H3,(H,20,24)(H,21,25)/p+1. The molecule has 1 unspecified atom stereocenters. The third-order valence-electron chi connectivity index (χ3n) is 3.94. The van der Waals surface area contributed by atoms with E-state index in [0.717, 1.165) is 5.56 Å². The van der Waals surface area contributed by atoms with E-state index in [1.165, 1.54) is 25.3 Å². The second kappa shape index (κ2) is 9.47. The van der Waals surface area contributed by atoms with Gasteiger partial charge in [-0.15, -0.1) is 0 Å². The summed E-state index contributed by atoms with van der Waals surface area (Å²) in [6.45, 7) is 2.01. The first kappa shape index (κ1) is 20.8. The normalized spacial score (nSPS) is 11.4. The number of rotatable bonds is 8. The summed E-state index contributed by atoms with van der Waals surface area (Å²) in [6, 6.07) is 11.6. The van der Waals surface area contributed by atoms with Crippen LogP contribution in [0.25, 0.3) is 0 Å². The number of amides is 2. The lowest BCUT2D eigenvalue weighted by molar-refractivity contribution is -0.862. The van der Waals surface area contributed by atoms with Gasteiger partial charge in [-0.1, -0.05) is 17.7 Å². The fraction of sp³-hybridized carbons (Fsp3) is 0.263. The van der Waals surface area contributed by atoms with Crippen molar-refractivity contribution in [3.8, 4) is 5.75 Å². The van der Waals surface area contributed by atoms with Crippen molar-refractivity contribution in [1.29, 1.82) is 0 Å². The first-order valence-corrected chi connectivity index (χ1v) is 8.58. The number of carbonyl (C=O) groups excluding carboxylic acids is 2. The molecule has 148 valence electrons. The van der Waals surface area contributed by atoms with Crippen LogP contribution in [0.2, 0.25) is 0 Å². The second-order valence-corrected chi connectivity index (χ2v) is 6.41. The minimum Gasteiger partial charge on any atom is -0.496 e. The van der Waals surface area contributed by atoms with E-state index in [9.17, 15) is 19.7 Å². The maximum Gasteiger partial charge on any atom is 0.296 e. The molecule has 0 spiro atoms. The molecule has 0 radical (unpaired) electrons. The Morgan fingerprint density at radius 2 is 1.68 bits per heavy atom. The lowest BCUT2D eigenvalue weighted by Gasteiger charge is -2.14. The third kappa shape index (κ3) is 6.06. The average molecular weight is 387 g/mol. The molecule has 28 heavy (non-hydrogen) atoms. The topological polar surface area (TPSA) is 115 Å². The Hall–Kier alpha value is -3.46. The van der Waals surface area contributed by atoms with Crippen molar-refractivity contribution in [2.75, 3.05) is 37.9 Å². The van der Waals surface area contributed by atoms with Gasteiger partial charge < -0.3 is 20.3 Å². The van der Waals surface area contributed by atoms with E-state index < -0.39 is 10.8 Å². The van der Waals surface area contributed by atoms with Crippen molar-refractivity contribution in [3.63, 3.8) is 0 Å². The molecule has 0 aromatic heterocycles. The van der Waals surface area contributed by atoms with Crippen LogP contribution >= 0.6 is 0 Å². The number of anilines is 2. The van der Waals surface area contributed by atoms with Crippen LogP contribution in [0.3, 0.4) is 0 Å². The van der Waals surface area contributed by atoms with Gasteiger partial charge in [-0.05, 0) is 31.2 Å². The van der Waals surface area contributed by atoms with Crippen molar-refractivity contribution >= 4 is 28.9 Å². The predicted octanol–water partition coefficient (Wildman–Crippen LogP) is 1.00. The molecular formula is C19H23N4O5+. The van der Waals surface area contributed by atoms with Gasteiger partial charge in [0.1, 0.15) is 11.4 Å². The Kier molecular flexibility index (Phi) is 7.05. The molecule has 0 aliphatic carbocycles. The second-order valence-electron chi connectivity index (χ2n) is 6.41. The molecule has 0 heterocycles. The number of nitro groups is 1. The lowest BCUT2D eigenvalue weighted by Crippen LogP contribution is -3.11. The molecule has 2 aromatic carbocycles. The molecule has 0 aliphatic rings. The number of nitro benzene ring substituents is 1. The number of hydrogen-bond acceptors (Lipinski definition) is 5. The van der Waals surface area contributed by atoms with E-state index in [4.69, 9.17) is 4.74 Å². The minimum absolute atomic E-state index is 0.0233. The number of methoxy groups -OCH3 is 1. The van der Waals surface area contributed by atoms with Crippen LogP contribution in [-0.2, 0) is 9.59 Å². The molecule has 1 atom stereocenters. The van der Waals surface area contributed by atoms with Crippen molar-refractivity contribution in [2.45, 2.75) is 6.92 Å².